The minimum Gasteiger partial charge on any atom is -0.332 e. The summed E-state index contributed by atoms with van der Waals surface area (Å²) < 4.78 is 37.5. The molecule has 114 valence electrons. The normalized spacial score (nSPS) is 12.5. The number of hydrogen-bond donors (Lipinski definition) is 0. The van der Waals surface area contributed by atoms with Gasteiger partial charge in [0, 0.05) is 6.54 Å². The van der Waals surface area contributed by atoms with Crippen LogP contribution in [0.5, 0.6) is 0 Å². The highest BCUT2D eigenvalue weighted by Gasteiger charge is 2.35. The number of carbonyl (C=O) groups excluding carboxylic acids is 1. The molecule has 0 saturated heterocycles. The topological polar surface area (TPSA) is 44.1 Å². The molecule has 1 rings (SSSR count). The van der Waals surface area contributed by atoms with E-state index in [1.165, 1.54) is 0 Å². The number of alkyl halides is 3. The zero-order valence-corrected chi connectivity index (χ0v) is 11.7. The molecular weight excluding hydrogens is 281 g/mol. The molecule has 0 bridgehead atoms. The minimum atomic E-state index is -4.46. The lowest BCUT2D eigenvalue weighted by molar-refractivity contribution is -0.162. The lowest BCUT2D eigenvalue weighted by atomic mass is 9.99. The monoisotopic (exact) mass is 298 g/mol. The maximum atomic E-state index is 12.5. The number of benzene rings is 1. The first-order chi connectivity index (χ1) is 9.87. The molecule has 1 aromatic rings. The van der Waals surface area contributed by atoms with Crippen molar-refractivity contribution in [2.45, 2.75) is 25.9 Å². The van der Waals surface area contributed by atoms with Gasteiger partial charge >= 0.3 is 6.18 Å². The fraction of sp³-hybridized carbons (Fsp3) is 0.467. The molecule has 0 N–H and O–H groups in total. The van der Waals surface area contributed by atoms with Crippen LogP contribution in [-0.4, -0.2) is 30.1 Å². The molecule has 1 unspecified atom stereocenters. The summed E-state index contributed by atoms with van der Waals surface area (Å²) in [7, 11) is 0. The number of hydrogen-bond acceptors (Lipinski definition) is 2. The maximum absolute atomic E-state index is 12.5. The van der Waals surface area contributed by atoms with Crippen molar-refractivity contribution in [1.82, 2.24) is 4.90 Å². The summed E-state index contributed by atoms with van der Waals surface area (Å²) in [4.78, 5) is 12.9. The van der Waals surface area contributed by atoms with Crippen molar-refractivity contribution in [3.63, 3.8) is 0 Å². The van der Waals surface area contributed by atoms with E-state index in [4.69, 9.17) is 5.26 Å². The van der Waals surface area contributed by atoms with Gasteiger partial charge in [0.15, 0.2) is 0 Å². The van der Waals surface area contributed by atoms with Crippen molar-refractivity contribution in [2.75, 3.05) is 13.1 Å². The quantitative estimate of drug-likeness (QED) is 0.809. The average molecular weight is 298 g/mol. The fourth-order valence-electron chi connectivity index (χ4n) is 2.01. The Balaban J connectivity index is 2.82. The summed E-state index contributed by atoms with van der Waals surface area (Å²) in [5.74, 6) is -1.86. The predicted octanol–water partition coefficient (Wildman–Crippen LogP) is 3.17. The van der Waals surface area contributed by atoms with Gasteiger partial charge in [0.1, 0.15) is 12.5 Å². The van der Waals surface area contributed by atoms with Gasteiger partial charge in [-0.1, -0.05) is 37.3 Å². The predicted molar refractivity (Wildman–Crippen MR) is 72.2 cm³/mol. The highest BCUT2D eigenvalue weighted by Crippen LogP contribution is 2.19. The molecule has 0 spiro atoms. The van der Waals surface area contributed by atoms with Crippen LogP contribution in [0.2, 0.25) is 0 Å². The van der Waals surface area contributed by atoms with Crippen LogP contribution < -0.4 is 0 Å². The van der Waals surface area contributed by atoms with E-state index in [9.17, 15) is 18.0 Å². The molecule has 1 aromatic carbocycles. The van der Waals surface area contributed by atoms with Crippen LogP contribution in [0.1, 0.15) is 18.9 Å². The van der Waals surface area contributed by atoms with Gasteiger partial charge in [0.25, 0.3) is 0 Å². The first-order valence-corrected chi connectivity index (χ1v) is 6.66. The molecule has 1 atom stereocenters. The van der Waals surface area contributed by atoms with Gasteiger partial charge < -0.3 is 4.90 Å². The van der Waals surface area contributed by atoms with E-state index in [0.717, 1.165) is 10.5 Å². The lowest BCUT2D eigenvalue weighted by Crippen LogP contribution is -2.42. The average Bonchev–Trinajstić information content (AvgIpc) is 2.43. The van der Waals surface area contributed by atoms with Gasteiger partial charge in [-0.25, -0.2) is 0 Å². The van der Waals surface area contributed by atoms with Crippen LogP contribution in [0.3, 0.4) is 0 Å². The molecule has 0 aromatic heterocycles. The van der Waals surface area contributed by atoms with Crippen molar-refractivity contribution in [1.29, 1.82) is 5.26 Å². The number of nitrogens with zero attached hydrogens (tertiary/aromatic N) is 2. The molecule has 21 heavy (non-hydrogen) atoms. The standard InChI is InChI=1S/C15H17F3N2O/c1-2-8-20(11-15(16,17)18)14(21)13(10-19)9-12-6-4-3-5-7-12/h3-7,13H,2,8-9,11H2,1H3. The summed E-state index contributed by atoms with van der Waals surface area (Å²) in [6, 6.07) is 10.6. The van der Waals surface area contributed by atoms with Crippen molar-refractivity contribution in [3.05, 3.63) is 35.9 Å². The Morgan fingerprint density at radius 3 is 2.43 bits per heavy atom. The Morgan fingerprint density at radius 1 is 1.33 bits per heavy atom. The van der Waals surface area contributed by atoms with Crippen molar-refractivity contribution in [3.8, 4) is 6.07 Å². The largest absolute Gasteiger partial charge is 0.406 e. The third kappa shape index (κ3) is 5.86. The highest BCUT2D eigenvalue weighted by atomic mass is 19.4. The fourth-order valence-corrected chi connectivity index (χ4v) is 2.01. The van der Waals surface area contributed by atoms with Crippen LogP contribution >= 0.6 is 0 Å². The second-order valence-corrected chi connectivity index (χ2v) is 4.75. The van der Waals surface area contributed by atoms with E-state index >= 15 is 0 Å². The third-order valence-electron chi connectivity index (χ3n) is 2.91. The van der Waals surface area contributed by atoms with Gasteiger partial charge in [0.05, 0.1) is 6.07 Å². The van der Waals surface area contributed by atoms with Gasteiger partial charge in [-0.05, 0) is 18.4 Å². The Labute approximate surface area is 122 Å². The first kappa shape index (κ1) is 17.0. The second kappa shape index (κ2) is 7.67. The minimum absolute atomic E-state index is 0.00862. The number of carbonyl (C=O) groups is 1. The molecule has 3 nitrogen and oxygen atoms in total. The van der Waals surface area contributed by atoms with Crippen molar-refractivity contribution in [2.24, 2.45) is 5.92 Å². The number of rotatable bonds is 6. The van der Waals surface area contributed by atoms with E-state index < -0.39 is 24.5 Å². The molecule has 0 saturated carbocycles. The Morgan fingerprint density at radius 2 is 1.95 bits per heavy atom. The van der Waals surface area contributed by atoms with Crippen molar-refractivity contribution < 1.29 is 18.0 Å². The Hall–Kier alpha value is -2.03. The molecule has 0 radical (unpaired) electrons. The molecule has 0 fully saturated rings. The summed E-state index contributed by atoms with van der Waals surface area (Å²) in [6.45, 7) is 0.368. The molecule has 1 amide bonds. The third-order valence-corrected chi connectivity index (χ3v) is 2.91. The van der Waals surface area contributed by atoms with Gasteiger partial charge in [-0.15, -0.1) is 0 Å². The summed E-state index contributed by atoms with van der Waals surface area (Å²) >= 11 is 0. The number of nitriles is 1. The van der Waals surface area contributed by atoms with Crippen LogP contribution in [0.15, 0.2) is 30.3 Å². The molecule has 0 aliphatic rings. The second-order valence-electron chi connectivity index (χ2n) is 4.75. The zero-order valence-electron chi connectivity index (χ0n) is 11.7. The van der Waals surface area contributed by atoms with Crippen LogP contribution in [0, 0.1) is 17.2 Å². The summed E-state index contributed by atoms with van der Waals surface area (Å²) in [6.07, 6.45) is -3.93. The molecular formula is C15H17F3N2O. The van der Waals surface area contributed by atoms with E-state index in [2.05, 4.69) is 0 Å². The zero-order chi connectivity index (χ0) is 15.9. The van der Waals surface area contributed by atoms with E-state index in [1.807, 2.05) is 6.07 Å². The summed E-state index contributed by atoms with van der Waals surface area (Å²) in [5, 5.41) is 9.09. The first-order valence-electron chi connectivity index (χ1n) is 6.66. The van der Waals surface area contributed by atoms with Gasteiger partial charge in [-0.2, -0.15) is 18.4 Å². The Kier molecular flexibility index (Phi) is 6.22. The highest BCUT2D eigenvalue weighted by molar-refractivity contribution is 5.81. The van der Waals surface area contributed by atoms with E-state index in [-0.39, 0.29) is 13.0 Å². The molecule has 0 heterocycles. The van der Waals surface area contributed by atoms with Crippen molar-refractivity contribution >= 4 is 5.91 Å². The number of amides is 1. The van der Waals surface area contributed by atoms with Crippen LogP contribution in [0.4, 0.5) is 13.2 Å². The SMILES string of the molecule is CCCN(CC(F)(F)F)C(=O)C(C#N)Cc1ccccc1. The van der Waals surface area contributed by atoms with Gasteiger partial charge in [-0.3, -0.25) is 4.79 Å². The van der Waals surface area contributed by atoms with Crippen LogP contribution in [0.25, 0.3) is 0 Å². The maximum Gasteiger partial charge on any atom is 0.406 e. The lowest BCUT2D eigenvalue weighted by Gasteiger charge is -2.25. The molecule has 6 heteroatoms. The Bertz CT molecular complexity index is 494. The number of halogens is 3. The smallest absolute Gasteiger partial charge is 0.332 e. The van der Waals surface area contributed by atoms with Gasteiger partial charge in [0.2, 0.25) is 5.91 Å². The van der Waals surface area contributed by atoms with E-state index in [1.54, 1.807) is 37.3 Å². The van der Waals surface area contributed by atoms with E-state index in [0.29, 0.717) is 6.42 Å². The summed E-state index contributed by atoms with van der Waals surface area (Å²) in [5.41, 5.74) is 0.751. The van der Waals surface area contributed by atoms with Crippen LogP contribution in [-0.2, 0) is 11.2 Å². The molecule has 0 aliphatic heterocycles. The molecule has 0 aliphatic carbocycles.